The van der Waals surface area contributed by atoms with Crippen molar-refractivity contribution in [2.45, 2.75) is 6.92 Å². The van der Waals surface area contributed by atoms with Crippen LogP contribution in [0.4, 0.5) is 0 Å². The molecule has 0 aromatic rings. The predicted octanol–water partition coefficient (Wildman–Crippen LogP) is -0.557. The molecule has 0 spiro atoms. The molecule has 0 unspecified atom stereocenters. The lowest BCUT2D eigenvalue weighted by Gasteiger charge is -2.27. The van der Waals surface area contributed by atoms with Crippen molar-refractivity contribution in [2.24, 2.45) is 10.3 Å². The zero-order valence-corrected chi connectivity index (χ0v) is 10.4. The van der Waals surface area contributed by atoms with Gasteiger partial charge in [-0.3, -0.25) is 4.79 Å². The first-order valence-corrected chi connectivity index (χ1v) is 5.40. The third-order valence-electron chi connectivity index (χ3n) is 2.30. The zero-order valence-electron chi connectivity index (χ0n) is 10.4. The van der Waals surface area contributed by atoms with E-state index in [-0.39, 0.29) is 11.6 Å². The average Bonchev–Trinajstić information content (AvgIpc) is 2.36. The van der Waals surface area contributed by atoms with Crippen molar-refractivity contribution in [1.29, 1.82) is 0 Å². The number of rotatable bonds is 4. The summed E-state index contributed by atoms with van der Waals surface area (Å²) in [5, 5.41) is 7.67. The molecule has 1 aliphatic rings. The van der Waals surface area contributed by atoms with Crippen LogP contribution in [0.25, 0.3) is 0 Å². The highest BCUT2D eigenvalue weighted by atomic mass is 16.6. The van der Waals surface area contributed by atoms with Gasteiger partial charge in [0.2, 0.25) is 0 Å². The number of oxime groups is 1. The molecule has 0 aromatic carbocycles. The Bertz CT molecular complexity index is 322. The standard InChI is InChI=1S/C10H18N4O3/c1-8(13-16-3)9(12-11-2)10(15)14-4-6-17-7-5-14/h11H,4-7H2,1-3H3/b12-9+,13-8+. The van der Waals surface area contributed by atoms with E-state index < -0.39 is 0 Å². The molecule has 7 heteroatoms. The van der Waals surface area contributed by atoms with Gasteiger partial charge in [-0.25, -0.2) is 0 Å². The van der Waals surface area contributed by atoms with Gasteiger partial charge in [0.25, 0.3) is 5.91 Å². The Morgan fingerprint density at radius 3 is 2.59 bits per heavy atom. The molecule has 0 radical (unpaired) electrons. The molecular weight excluding hydrogens is 224 g/mol. The van der Waals surface area contributed by atoms with E-state index in [9.17, 15) is 4.79 Å². The van der Waals surface area contributed by atoms with Crippen molar-refractivity contribution >= 4 is 17.3 Å². The van der Waals surface area contributed by atoms with Crippen LogP contribution < -0.4 is 5.43 Å². The molecule has 0 aliphatic carbocycles. The number of nitrogens with one attached hydrogen (secondary N) is 1. The first-order valence-electron chi connectivity index (χ1n) is 5.40. The fraction of sp³-hybridized carbons (Fsp3) is 0.700. The van der Waals surface area contributed by atoms with Crippen molar-refractivity contribution in [3.63, 3.8) is 0 Å². The zero-order chi connectivity index (χ0) is 12.7. The Hall–Kier alpha value is -1.63. The van der Waals surface area contributed by atoms with E-state index >= 15 is 0 Å². The van der Waals surface area contributed by atoms with Crippen molar-refractivity contribution < 1.29 is 14.4 Å². The summed E-state index contributed by atoms with van der Waals surface area (Å²) in [6.45, 7) is 3.93. The van der Waals surface area contributed by atoms with Gasteiger partial charge in [0.05, 0.1) is 13.2 Å². The third kappa shape index (κ3) is 3.70. The number of hydrogen-bond donors (Lipinski definition) is 1. The summed E-state index contributed by atoms with van der Waals surface area (Å²) in [6, 6.07) is 0. The van der Waals surface area contributed by atoms with Crippen LogP contribution in [-0.4, -0.2) is 62.7 Å². The maximum Gasteiger partial charge on any atom is 0.276 e. The number of ether oxygens (including phenoxy) is 1. The first-order chi connectivity index (χ1) is 8.20. The fourth-order valence-corrected chi connectivity index (χ4v) is 1.49. The van der Waals surface area contributed by atoms with Crippen LogP contribution in [0.5, 0.6) is 0 Å². The Labute approximate surface area is 100 Å². The maximum atomic E-state index is 12.2. The lowest BCUT2D eigenvalue weighted by molar-refractivity contribution is -0.127. The fourth-order valence-electron chi connectivity index (χ4n) is 1.49. The molecule has 0 aromatic heterocycles. The summed E-state index contributed by atoms with van der Waals surface area (Å²) in [6.07, 6.45) is 0. The Morgan fingerprint density at radius 1 is 1.41 bits per heavy atom. The van der Waals surface area contributed by atoms with E-state index in [1.807, 2.05) is 0 Å². The molecule has 0 saturated carbocycles. The highest BCUT2D eigenvalue weighted by Gasteiger charge is 2.24. The van der Waals surface area contributed by atoms with Crippen LogP contribution in [0.15, 0.2) is 10.3 Å². The molecule has 1 rings (SSSR count). The van der Waals surface area contributed by atoms with Crippen LogP contribution >= 0.6 is 0 Å². The molecule has 96 valence electrons. The summed E-state index contributed by atoms with van der Waals surface area (Å²) >= 11 is 0. The van der Waals surface area contributed by atoms with E-state index in [1.165, 1.54) is 7.11 Å². The van der Waals surface area contributed by atoms with E-state index in [0.717, 1.165) is 0 Å². The number of carbonyl (C=O) groups excluding carboxylic acids is 1. The maximum absolute atomic E-state index is 12.2. The summed E-state index contributed by atoms with van der Waals surface area (Å²) in [7, 11) is 3.06. The van der Waals surface area contributed by atoms with E-state index in [1.54, 1.807) is 18.9 Å². The van der Waals surface area contributed by atoms with Crippen molar-refractivity contribution in [3.05, 3.63) is 0 Å². The molecule has 17 heavy (non-hydrogen) atoms. The Balaban J connectivity index is 2.80. The monoisotopic (exact) mass is 242 g/mol. The van der Waals surface area contributed by atoms with Crippen LogP contribution in [-0.2, 0) is 14.4 Å². The average molecular weight is 242 g/mol. The van der Waals surface area contributed by atoms with Crippen LogP contribution in [0.3, 0.4) is 0 Å². The van der Waals surface area contributed by atoms with E-state index in [2.05, 4.69) is 20.5 Å². The second-order valence-electron chi connectivity index (χ2n) is 3.45. The lowest BCUT2D eigenvalue weighted by atomic mass is 10.2. The van der Waals surface area contributed by atoms with Crippen LogP contribution in [0, 0.1) is 0 Å². The van der Waals surface area contributed by atoms with Crippen molar-refractivity contribution in [1.82, 2.24) is 10.3 Å². The summed E-state index contributed by atoms with van der Waals surface area (Å²) in [5.74, 6) is -0.166. The van der Waals surface area contributed by atoms with E-state index in [4.69, 9.17) is 4.74 Å². The quantitative estimate of drug-likeness (QED) is 0.530. The third-order valence-corrected chi connectivity index (χ3v) is 2.30. The molecule has 1 heterocycles. The molecule has 0 bridgehead atoms. The number of hydrogen-bond acceptors (Lipinski definition) is 6. The highest BCUT2D eigenvalue weighted by molar-refractivity contribution is 6.66. The van der Waals surface area contributed by atoms with Gasteiger partial charge in [-0.1, -0.05) is 5.16 Å². The van der Waals surface area contributed by atoms with Crippen molar-refractivity contribution in [3.8, 4) is 0 Å². The van der Waals surface area contributed by atoms with Crippen LogP contribution in [0.1, 0.15) is 6.92 Å². The lowest BCUT2D eigenvalue weighted by Crippen LogP contribution is -2.46. The topological polar surface area (TPSA) is 75.5 Å². The molecular formula is C10H18N4O3. The smallest absolute Gasteiger partial charge is 0.276 e. The van der Waals surface area contributed by atoms with Gasteiger partial charge in [-0.15, -0.1) is 0 Å². The predicted molar refractivity (Wildman–Crippen MR) is 64.0 cm³/mol. The van der Waals surface area contributed by atoms with Gasteiger partial charge >= 0.3 is 0 Å². The molecule has 1 N–H and O–H groups in total. The minimum absolute atomic E-state index is 0.166. The SMILES string of the molecule is CN/N=C(C(=O)N1CCOCC1)\C(C)=N\OC. The second kappa shape index (κ2) is 6.85. The van der Waals surface area contributed by atoms with Gasteiger partial charge in [0.15, 0.2) is 5.71 Å². The second-order valence-corrected chi connectivity index (χ2v) is 3.45. The van der Waals surface area contributed by atoms with E-state index in [0.29, 0.717) is 32.0 Å². The number of hydrazone groups is 1. The summed E-state index contributed by atoms with van der Waals surface area (Å²) < 4.78 is 5.19. The largest absolute Gasteiger partial charge is 0.399 e. The minimum atomic E-state index is -0.166. The normalized spacial score (nSPS) is 17.9. The first kappa shape index (κ1) is 13.4. The number of morpholine rings is 1. The Kier molecular flexibility index (Phi) is 5.41. The summed E-state index contributed by atoms with van der Waals surface area (Å²) in [5.41, 5.74) is 3.30. The highest BCUT2D eigenvalue weighted by Crippen LogP contribution is 2.00. The Morgan fingerprint density at radius 2 is 2.06 bits per heavy atom. The number of carbonyl (C=O) groups is 1. The van der Waals surface area contributed by atoms with Gasteiger partial charge in [0, 0.05) is 20.1 Å². The van der Waals surface area contributed by atoms with Gasteiger partial charge < -0.3 is 19.9 Å². The molecule has 1 aliphatic heterocycles. The molecule has 7 nitrogen and oxygen atoms in total. The minimum Gasteiger partial charge on any atom is -0.399 e. The number of nitrogens with zero attached hydrogens (tertiary/aromatic N) is 3. The van der Waals surface area contributed by atoms with Crippen molar-refractivity contribution in [2.75, 3.05) is 40.5 Å². The van der Waals surface area contributed by atoms with Crippen LogP contribution in [0.2, 0.25) is 0 Å². The van der Waals surface area contributed by atoms with Gasteiger partial charge in [-0.2, -0.15) is 5.10 Å². The number of amides is 1. The molecule has 1 fully saturated rings. The van der Waals surface area contributed by atoms with Gasteiger partial charge in [-0.05, 0) is 6.92 Å². The molecule has 1 saturated heterocycles. The molecule has 1 amide bonds. The molecule has 0 atom stereocenters. The van der Waals surface area contributed by atoms with Gasteiger partial charge in [0.1, 0.15) is 12.8 Å². The summed E-state index contributed by atoms with van der Waals surface area (Å²) in [4.78, 5) is 18.5.